The number of halogens is 1. The third-order valence-corrected chi connectivity index (χ3v) is 4.21. The Kier molecular flexibility index (Phi) is 3.82. The van der Waals surface area contributed by atoms with Gasteiger partial charge >= 0.3 is 0 Å². The molecule has 1 aromatic rings. The van der Waals surface area contributed by atoms with Crippen molar-refractivity contribution in [2.75, 3.05) is 7.11 Å². The third-order valence-electron chi connectivity index (χ3n) is 3.65. The van der Waals surface area contributed by atoms with Gasteiger partial charge in [-0.1, -0.05) is 18.1 Å². The molecule has 0 spiro atoms. The summed E-state index contributed by atoms with van der Waals surface area (Å²) in [6.07, 6.45) is 4.32. The molecule has 1 unspecified atom stereocenters. The standard InChI is InChI=1S/C10H18BrN5O/c1-16-7(9(11)14-15-16)8(13-12)10(17-2)5-3-4-6-10/h8,13H,3-6,12H2,1-2H3. The highest BCUT2D eigenvalue weighted by Gasteiger charge is 2.44. The average Bonchev–Trinajstić information content (AvgIpc) is 2.92. The molecule has 7 heteroatoms. The summed E-state index contributed by atoms with van der Waals surface area (Å²) in [5.74, 6) is 5.72. The summed E-state index contributed by atoms with van der Waals surface area (Å²) >= 11 is 3.41. The van der Waals surface area contributed by atoms with Crippen LogP contribution < -0.4 is 11.3 Å². The van der Waals surface area contributed by atoms with Crippen molar-refractivity contribution < 1.29 is 4.74 Å². The summed E-state index contributed by atoms with van der Waals surface area (Å²) in [5, 5.41) is 7.99. The Balaban J connectivity index is 2.39. The Hall–Kier alpha value is -0.500. The van der Waals surface area contributed by atoms with Gasteiger partial charge in [-0.15, -0.1) is 5.10 Å². The molecule has 1 aliphatic rings. The van der Waals surface area contributed by atoms with Gasteiger partial charge in [0.25, 0.3) is 0 Å². The first kappa shape index (κ1) is 12.9. The zero-order valence-electron chi connectivity index (χ0n) is 10.1. The number of hydrazine groups is 1. The van der Waals surface area contributed by atoms with E-state index >= 15 is 0 Å². The van der Waals surface area contributed by atoms with Crippen LogP contribution in [0.1, 0.15) is 37.4 Å². The van der Waals surface area contributed by atoms with Crippen LogP contribution in [0.2, 0.25) is 0 Å². The molecule has 2 rings (SSSR count). The number of rotatable bonds is 4. The van der Waals surface area contributed by atoms with Crippen LogP contribution in [0.25, 0.3) is 0 Å². The van der Waals surface area contributed by atoms with Crippen molar-refractivity contribution in [3.05, 3.63) is 10.3 Å². The predicted molar refractivity (Wildman–Crippen MR) is 67.0 cm³/mol. The molecule has 6 nitrogen and oxygen atoms in total. The molecule has 0 bridgehead atoms. The monoisotopic (exact) mass is 303 g/mol. The van der Waals surface area contributed by atoms with Crippen LogP contribution in [0.4, 0.5) is 0 Å². The normalized spacial score (nSPS) is 20.7. The molecular formula is C10H18BrN5O. The molecule has 0 saturated heterocycles. The summed E-state index contributed by atoms with van der Waals surface area (Å²) < 4.78 is 8.20. The van der Waals surface area contributed by atoms with E-state index in [-0.39, 0.29) is 11.6 Å². The first-order valence-corrected chi connectivity index (χ1v) is 6.50. The molecule has 17 heavy (non-hydrogen) atoms. The zero-order chi connectivity index (χ0) is 12.5. The fraction of sp³-hybridized carbons (Fsp3) is 0.800. The van der Waals surface area contributed by atoms with Gasteiger partial charge in [0, 0.05) is 14.2 Å². The molecule has 1 atom stereocenters. The molecule has 0 radical (unpaired) electrons. The summed E-state index contributed by atoms with van der Waals surface area (Å²) in [6, 6.07) is -0.107. The van der Waals surface area contributed by atoms with Crippen LogP contribution in [-0.2, 0) is 11.8 Å². The van der Waals surface area contributed by atoms with Crippen molar-refractivity contribution in [2.45, 2.75) is 37.3 Å². The number of hydrogen-bond acceptors (Lipinski definition) is 5. The van der Waals surface area contributed by atoms with Gasteiger partial charge in [-0.2, -0.15) is 0 Å². The fourth-order valence-electron chi connectivity index (χ4n) is 2.71. The third kappa shape index (κ3) is 2.12. The van der Waals surface area contributed by atoms with Gasteiger partial charge in [0.2, 0.25) is 0 Å². The Morgan fingerprint density at radius 2 is 2.18 bits per heavy atom. The first-order valence-electron chi connectivity index (χ1n) is 5.71. The first-order chi connectivity index (χ1) is 8.14. The molecule has 1 aliphatic carbocycles. The highest BCUT2D eigenvalue weighted by atomic mass is 79.9. The number of aryl methyl sites for hydroxylation is 1. The SMILES string of the molecule is COC1(C(NN)c2c(Br)nnn2C)CCCC1. The van der Waals surface area contributed by atoms with Crippen LogP contribution in [-0.4, -0.2) is 27.7 Å². The molecule has 1 aromatic heterocycles. The van der Waals surface area contributed by atoms with Crippen molar-refractivity contribution in [1.29, 1.82) is 0 Å². The molecule has 3 N–H and O–H groups in total. The van der Waals surface area contributed by atoms with Crippen LogP contribution in [0.15, 0.2) is 4.60 Å². The molecule has 0 aliphatic heterocycles. The minimum Gasteiger partial charge on any atom is -0.376 e. The van der Waals surface area contributed by atoms with Crippen molar-refractivity contribution >= 4 is 15.9 Å². The number of hydrogen-bond donors (Lipinski definition) is 2. The number of nitrogens with two attached hydrogens (primary N) is 1. The molecule has 0 amide bonds. The number of aromatic nitrogens is 3. The maximum atomic E-state index is 5.75. The lowest BCUT2D eigenvalue weighted by molar-refractivity contribution is -0.0390. The predicted octanol–water partition coefficient (Wildman–Crippen LogP) is 1.04. The average molecular weight is 304 g/mol. The van der Waals surface area contributed by atoms with Crippen molar-refractivity contribution in [1.82, 2.24) is 20.4 Å². The smallest absolute Gasteiger partial charge is 0.153 e. The Bertz CT molecular complexity index is 369. The molecule has 1 fully saturated rings. The van der Waals surface area contributed by atoms with Crippen molar-refractivity contribution in [2.24, 2.45) is 12.9 Å². The Morgan fingerprint density at radius 1 is 1.53 bits per heavy atom. The zero-order valence-corrected chi connectivity index (χ0v) is 11.7. The quantitative estimate of drug-likeness (QED) is 0.642. The number of ether oxygens (including phenoxy) is 1. The molecule has 1 heterocycles. The van der Waals surface area contributed by atoms with Crippen LogP contribution in [0.5, 0.6) is 0 Å². The molecular weight excluding hydrogens is 286 g/mol. The van der Waals surface area contributed by atoms with Gasteiger partial charge < -0.3 is 4.74 Å². The van der Waals surface area contributed by atoms with Crippen molar-refractivity contribution in [3.63, 3.8) is 0 Å². The van der Waals surface area contributed by atoms with E-state index < -0.39 is 0 Å². The lowest BCUT2D eigenvalue weighted by Crippen LogP contribution is -2.47. The van der Waals surface area contributed by atoms with E-state index in [1.165, 1.54) is 0 Å². The van der Waals surface area contributed by atoms with Crippen LogP contribution >= 0.6 is 15.9 Å². The van der Waals surface area contributed by atoms with E-state index in [0.29, 0.717) is 4.60 Å². The van der Waals surface area contributed by atoms with Crippen molar-refractivity contribution in [3.8, 4) is 0 Å². The number of nitrogens with zero attached hydrogens (tertiary/aromatic N) is 3. The second-order valence-corrected chi connectivity index (χ2v) is 5.22. The van der Waals surface area contributed by atoms with Gasteiger partial charge in [0.05, 0.1) is 17.3 Å². The maximum Gasteiger partial charge on any atom is 0.153 e. The second kappa shape index (κ2) is 5.01. The Labute approximate surface area is 109 Å². The van der Waals surface area contributed by atoms with E-state index in [1.807, 2.05) is 7.05 Å². The van der Waals surface area contributed by atoms with Gasteiger partial charge in [0.15, 0.2) is 4.60 Å². The molecule has 1 saturated carbocycles. The minimum atomic E-state index is -0.257. The van der Waals surface area contributed by atoms with Gasteiger partial charge in [0.1, 0.15) is 0 Å². The Morgan fingerprint density at radius 3 is 2.59 bits per heavy atom. The lowest BCUT2D eigenvalue weighted by Gasteiger charge is -2.35. The van der Waals surface area contributed by atoms with E-state index in [1.54, 1.807) is 11.8 Å². The highest BCUT2D eigenvalue weighted by molar-refractivity contribution is 9.10. The molecule has 96 valence electrons. The van der Waals surface area contributed by atoms with Gasteiger partial charge in [-0.05, 0) is 28.8 Å². The van der Waals surface area contributed by atoms with E-state index in [4.69, 9.17) is 10.6 Å². The number of nitrogens with one attached hydrogen (secondary N) is 1. The number of methoxy groups -OCH3 is 1. The summed E-state index contributed by atoms with van der Waals surface area (Å²) in [5.41, 5.74) is 3.53. The highest BCUT2D eigenvalue weighted by Crippen LogP contribution is 2.43. The topological polar surface area (TPSA) is 78.0 Å². The summed E-state index contributed by atoms with van der Waals surface area (Å²) in [7, 11) is 3.60. The summed E-state index contributed by atoms with van der Waals surface area (Å²) in [4.78, 5) is 0. The largest absolute Gasteiger partial charge is 0.376 e. The van der Waals surface area contributed by atoms with Crippen LogP contribution in [0.3, 0.4) is 0 Å². The van der Waals surface area contributed by atoms with Gasteiger partial charge in [-0.3, -0.25) is 5.84 Å². The van der Waals surface area contributed by atoms with E-state index in [0.717, 1.165) is 31.4 Å². The molecule has 0 aromatic carbocycles. The van der Waals surface area contributed by atoms with Gasteiger partial charge in [-0.25, -0.2) is 10.1 Å². The summed E-state index contributed by atoms with van der Waals surface area (Å²) in [6.45, 7) is 0. The van der Waals surface area contributed by atoms with Crippen LogP contribution in [0, 0.1) is 0 Å². The maximum absolute atomic E-state index is 5.75. The second-order valence-electron chi connectivity index (χ2n) is 4.46. The minimum absolute atomic E-state index is 0.107. The van der Waals surface area contributed by atoms with E-state index in [9.17, 15) is 0 Å². The van der Waals surface area contributed by atoms with E-state index in [2.05, 4.69) is 31.7 Å². The fourth-order valence-corrected chi connectivity index (χ4v) is 3.27. The lowest BCUT2D eigenvalue weighted by atomic mass is 9.90.